The van der Waals surface area contributed by atoms with Crippen molar-refractivity contribution in [3.63, 3.8) is 0 Å². The van der Waals surface area contributed by atoms with E-state index in [1.54, 1.807) is 0 Å². The Bertz CT molecular complexity index is 552. The number of amides is 1. The number of hydrogen-bond acceptors (Lipinski definition) is 5. The second-order valence-corrected chi connectivity index (χ2v) is 9.70. The van der Waals surface area contributed by atoms with Crippen LogP contribution in [0, 0.1) is 5.92 Å². The van der Waals surface area contributed by atoms with Gasteiger partial charge in [0.05, 0.1) is 16.8 Å². The van der Waals surface area contributed by atoms with E-state index in [0.29, 0.717) is 0 Å². The molecule has 2 fully saturated rings. The fourth-order valence-corrected chi connectivity index (χ4v) is 5.43. The van der Waals surface area contributed by atoms with Gasteiger partial charge in [0, 0.05) is 19.0 Å². The summed E-state index contributed by atoms with van der Waals surface area (Å²) in [7, 11) is -6.57. The molecule has 9 heteroatoms. The van der Waals surface area contributed by atoms with Crippen molar-refractivity contribution < 1.29 is 21.6 Å². The van der Waals surface area contributed by atoms with E-state index < -0.39 is 25.1 Å². The number of rotatable bonds is 6. The third-order valence-corrected chi connectivity index (χ3v) is 7.29. The molecule has 1 saturated carbocycles. The molecule has 20 heavy (non-hydrogen) atoms. The van der Waals surface area contributed by atoms with Crippen LogP contribution in [0.1, 0.15) is 25.7 Å². The zero-order valence-electron chi connectivity index (χ0n) is 11.2. The molecule has 1 heterocycles. The number of hydrogen-bond donors (Lipinski definition) is 2. The molecule has 2 N–H and O–H groups in total. The van der Waals surface area contributed by atoms with Crippen molar-refractivity contribution in [2.24, 2.45) is 5.92 Å². The summed E-state index contributed by atoms with van der Waals surface area (Å²) < 4.78 is 48.9. The SMILES string of the molecule is O=C(NCCNS(=O)(=O)C1CCS(=O)(=O)CC1)C1CC1. The highest BCUT2D eigenvalue weighted by molar-refractivity contribution is 7.92. The van der Waals surface area contributed by atoms with Crippen LogP contribution in [0.3, 0.4) is 0 Å². The Labute approximate surface area is 119 Å². The summed E-state index contributed by atoms with van der Waals surface area (Å²) in [6, 6.07) is 0. The van der Waals surface area contributed by atoms with Gasteiger partial charge in [-0.25, -0.2) is 21.6 Å². The quantitative estimate of drug-likeness (QED) is 0.610. The highest BCUT2D eigenvalue weighted by Gasteiger charge is 2.32. The first kappa shape index (κ1) is 15.7. The average molecular weight is 324 g/mol. The van der Waals surface area contributed by atoms with E-state index in [-0.39, 0.29) is 49.3 Å². The monoisotopic (exact) mass is 324 g/mol. The lowest BCUT2D eigenvalue weighted by Gasteiger charge is -2.22. The Morgan fingerprint density at radius 2 is 1.65 bits per heavy atom. The molecule has 0 radical (unpaired) electrons. The topological polar surface area (TPSA) is 109 Å². The van der Waals surface area contributed by atoms with E-state index in [1.165, 1.54) is 0 Å². The molecule has 0 bridgehead atoms. The van der Waals surface area contributed by atoms with Crippen LogP contribution in [0.25, 0.3) is 0 Å². The lowest BCUT2D eigenvalue weighted by Crippen LogP contribution is -2.42. The summed E-state index contributed by atoms with van der Waals surface area (Å²) in [6.45, 7) is 0.406. The van der Waals surface area contributed by atoms with E-state index in [0.717, 1.165) is 12.8 Å². The maximum atomic E-state index is 12.0. The van der Waals surface area contributed by atoms with Crippen LogP contribution in [0.4, 0.5) is 0 Å². The number of carbonyl (C=O) groups excluding carboxylic acids is 1. The van der Waals surface area contributed by atoms with E-state index in [2.05, 4.69) is 10.0 Å². The minimum absolute atomic E-state index is 0.0204. The third-order valence-electron chi connectivity index (χ3n) is 3.62. The standard InChI is InChI=1S/C11H20N2O5S2/c14-11(9-1-2-9)12-5-6-13-20(17,18)10-3-7-19(15,16)8-4-10/h9-10,13H,1-8H2,(H,12,14). The van der Waals surface area contributed by atoms with Crippen LogP contribution in [-0.2, 0) is 24.7 Å². The summed E-state index contributed by atoms with van der Waals surface area (Å²) in [5.74, 6) is -0.0586. The molecular formula is C11H20N2O5S2. The smallest absolute Gasteiger partial charge is 0.223 e. The van der Waals surface area contributed by atoms with Gasteiger partial charge in [-0.3, -0.25) is 4.79 Å². The lowest BCUT2D eigenvalue weighted by atomic mass is 10.2. The Morgan fingerprint density at radius 3 is 2.20 bits per heavy atom. The molecule has 7 nitrogen and oxygen atoms in total. The lowest BCUT2D eigenvalue weighted by molar-refractivity contribution is -0.122. The second kappa shape index (κ2) is 5.98. The van der Waals surface area contributed by atoms with Gasteiger partial charge in [0.1, 0.15) is 9.84 Å². The molecule has 0 atom stereocenters. The van der Waals surface area contributed by atoms with Crippen molar-refractivity contribution in [2.75, 3.05) is 24.6 Å². The van der Waals surface area contributed by atoms with E-state index in [4.69, 9.17) is 0 Å². The molecule has 1 aliphatic heterocycles. The maximum Gasteiger partial charge on any atom is 0.223 e. The minimum Gasteiger partial charge on any atom is -0.355 e. The molecule has 0 unspecified atom stereocenters. The predicted octanol–water partition coefficient (Wildman–Crippen LogP) is -0.991. The van der Waals surface area contributed by atoms with Crippen LogP contribution in [0.2, 0.25) is 0 Å². The van der Waals surface area contributed by atoms with Crippen molar-refractivity contribution in [1.82, 2.24) is 10.0 Å². The number of sulfonamides is 1. The van der Waals surface area contributed by atoms with Gasteiger partial charge in [0.15, 0.2) is 0 Å². The highest BCUT2D eigenvalue weighted by atomic mass is 32.2. The Kier molecular flexibility index (Phi) is 4.70. The van der Waals surface area contributed by atoms with Crippen molar-refractivity contribution in [1.29, 1.82) is 0 Å². The van der Waals surface area contributed by atoms with E-state index in [9.17, 15) is 21.6 Å². The number of carbonyl (C=O) groups is 1. The Morgan fingerprint density at radius 1 is 1.05 bits per heavy atom. The fourth-order valence-electron chi connectivity index (χ4n) is 2.17. The molecule has 116 valence electrons. The van der Waals surface area contributed by atoms with Crippen LogP contribution < -0.4 is 10.0 Å². The van der Waals surface area contributed by atoms with E-state index >= 15 is 0 Å². The van der Waals surface area contributed by atoms with Crippen LogP contribution >= 0.6 is 0 Å². The van der Waals surface area contributed by atoms with Gasteiger partial charge in [-0.15, -0.1) is 0 Å². The summed E-state index contributed by atoms with van der Waals surface area (Å²) in [5.41, 5.74) is 0. The first-order valence-corrected chi connectivity index (χ1v) is 10.1. The van der Waals surface area contributed by atoms with Crippen LogP contribution in [0.5, 0.6) is 0 Å². The molecule has 0 aromatic carbocycles. The van der Waals surface area contributed by atoms with Gasteiger partial charge in [-0.2, -0.15) is 0 Å². The van der Waals surface area contributed by atoms with Crippen LogP contribution in [0.15, 0.2) is 0 Å². The van der Waals surface area contributed by atoms with Gasteiger partial charge in [0.25, 0.3) is 0 Å². The molecular weight excluding hydrogens is 304 g/mol. The summed E-state index contributed by atoms with van der Waals surface area (Å²) in [5, 5.41) is 2.02. The summed E-state index contributed by atoms with van der Waals surface area (Å²) in [4.78, 5) is 11.3. The number of sulfone groups is 1. The third kappa shape index (κ3) is 4.42. The maximum absolute atomic E-state index is 12.0. The van der Waals surface area contributed by atoms with Gasteiger partial charge in [0.2, 0.25) is 15.9 Å². The van der Waals surface area contributed by atoms with Crippen LogP contribution in [-0.4, -0.2) is 52.6 Å². The van der Waals surface area contributed by atoms with Gasteiger partial charge in [-0.1, -0.05) is 0 Å². The first-order chi connectivity index (χ1) is 9.30. The molecule has 1 amide bonds. The highest BCUT2D eigenvalue weighted by Crippen LogP contribution is 2.28. The summed E-state index contributed by atoms with van der Waals surface area (Å²) >= 11 is 0. The Hall–Kier alpha value is -0.670. The minimum atomic E-state index is -3.50. The molecule has 0 spiro atoms. The molecule has 0 aromatic heterocycles. The predicted molar refractivity (Wildman–Crippen MR) is 74.3 cm³/mol. The molecule has 2 rings (SSSR count). The largest absolute Gasteiger partial charge is 0.355 e. The van der Waals surface area contributed by atoms with Crippen molar-refractivity contribution in [2.45, 2.75) is 30.9 Å². The number of nitrogens with one attached hydrogen (secondary N) is 2. The molecule has 1 aliphatic carbocycles. The molecule has 1 saturated heterocycles. The summed E-state index contributed by atoms with van der Waals surface area (Å²) in [6.07, 6.45) is 2.11. The van der Waals surface area contributed by atoms with Gasteiger partial charge >= 0.3 is 0 Å². The van der Waals surface area contributed by atoms with Crippen molar-refractivity contribution in [3.05, 3.63) is 0 Å². The van der Waals surface area contributed by atoms with Gasteiger partial charge in [-0.05, 0) is 25.7 Å². The Balaban J connectivity index is 1.72. The van der Waals surface area contributed by atoms with Gasteiger partial charge < -0.3 is 5.32 Å². The molecule has 0 aromatic rings. The second-order valence-electron chi connectivity index (χ2n) is 5.36. The average Bonchev–Trinajstić information content (AvgIpc) is 3.18. The first-order valence-electron chi connectivity index (χ1n) is 6.77. The molecule has 2 aliphatic rings. The normalized spacial score (nSPS) is 23.4. The zero-order valence-corrected chi connectivity index (χ0v) is 12.8. The zero-order chi connectivity index (χ0) is 14.8. The van der Waals surface area contributed by atoms with Crippen molar-refractivity contribution in [3.8, 4) is 0 Å². The van der Waals surface area contributed by atoms with Crippen molar-refractivity contribution >= 4 is 25.8 Å². The van der Waals surface area contributed by atoms with E-state index in [1.807, 2.05) is 0 Å². The fraction of sp³-hybridized carbons (Fsp3) is 0.909.